The van der Waals surface area contributed by atoms with Crippen LogP contribution in [0.1, 0.15) is 20.8 Å². The normalized spacial score (nSPS) is 21.6. The Labute approximate surface area is 118 Å². The number of nitrogens with zero attached hydrogens (tertiary/aromatic N) is 2. The van der Waals surface area contributed by atoms with Gasteiger partial charge in [0.25, 0.3) is 0 Å². The summed E-state index contributed by atoms with van der Waals surface area (Å²) in [5.41, 5.74) is 0. The van der Waals surface area contributed by atoms with Crippen molar-refractivity contribution in [3.63, 3.8) is 0 Å². The minimum atomic E-state index is -0.875. The lowest BCUT2D eigenvalue weighted by atomic mass is 9.99. The number of hydrogen-bond donors (Lipinski definition) is 2. The molecule has 0 unspecified atom stereocenters. The molecule has 1 aliphatic heterocycles. The number of aliphatic carboxylic acids is 1. The quantitative estimate of drug-likeness (QED) is 0.756. The lowest BCUT2D eigenvalue weighted by Gasteiger charge is -2.26. The second kappa shape index (κ2) is 7.12. The van der Waals surface area contributed by atoms with Crippen molar-refractivity contribution in [3.8, 4) is 0 Å². The largest absolute Gasteiger partial charge is 0.481 e. The number of carbonyl (C=O) groups excluding carboxylic acids is 2. The summed E-state index contributed by atoms with van der Waals surface area (Å²) < 4.78 is 0. The van der Waals surface area contributed by atoms with E-state index in [1.54, 1.807) is 6.92 Å². The molecule has 0 bridgehead atoms. The molecule has 20 heavy (non-hydrogen) atoms. The van der Waals surface area contributed by atoms with Gasteiger partial charge in [0.1, 0.15) is 6.54 Å². The van der Waals surface area contributed by atoms with Crippen LogP contribution in [0.2, 0.25) is 0 Å². The van der Waals surface area contributed by atoms with E-state index in [4.69, 9.17) is 5.11 Å². The van der Waals surface area contributed by atoms with Crippen LogP contribution in [0, 0.1) is 11.8 Å². The van der Waals surface area contributed by atoms with Crippen molar-refractivity contribution in [2.75, 3.05) is 32.7 Å². The third-order valence-corrected chi connectivity index (χ3v) is 3.56. The fraction of sp³-hybridized carbons (Fsp3) is 0.769. The van der Waals surface area contributed by atoms with Crippen LogP contribution in [-0.2, 0) is 9.59 Å². The monoisotopic (exact) mass is 285 g/mol. The number of hydrogen-bond acceptors (Lipinski definition) is 3. The van der Waals surface area contributed by atoms with Gasteiger partial charge in [-0.1, -0.05) is 6.92 Å². The molecule has 0 aliphatic carbocycles. The number of carbonyl (C=O) groups is 3. The lowest BCUT2D eigenvalue weighted by molar-refractivity contribution is -0.142. The van der Waals surface area contributed by atoms with Gasteiger partial charge in [-0.15, -0.1) is 0 Å². The van der Waals surface area contributed by atoms with E-state index in [1.165, 1.54) is 9.80 Å². The molecule has 2 atom stereocenters. The van der Waals surface area contributed by atoms with Crippen LogP contribution in [0.25, 0.3) is 0 Å². The van der Waals surface area contributed by atoms with Crippen LogP contribution >= 0.6 is 0 Å². The molecule has 7 nitrogen and oxygen atoms in total. The average molecular weight is 285 g/mol. The molecule has 114 valence electrons. The number of carboxylic acids is 1. The molecule has 0 aromatic carbocycles. The van der Waals surface area contributed by atoms with Gasteiger partial charge in [0, 0.05) is 26.2 Å². The SMILES string of the molecule is CCNC(=O)CN(CC)C(=O)N1C[C@@H](C)[C@H](C(=O)O)C1. The van der Waals surface area contributed by atoms with Gasteiger partial charge < -0.3 is 20.2 Å². The van der Waals surface area contributed by atoms with E-state index in [0.717, 1.165) is 0 Å². The van der Waals surface area contributed by atoms with E-state index in [0.29, 0.717) is 19.6 Å². The highest BCUT2D eigenvalue weighted by atomic mass is 16.4. The molecule has 0 aromatic heterocycles. The molecular weight excluding hydrogens is 262 g/mol. The first kappa shape index (κ1) is 16.3. The maximum Gasteiger partial charge on any atom is 0.320 e. The molecule has 0 radical (unpaired) electrons. The number of nitrogens with one attached hydrogen (secondary N) is 1. The van der Waals surface area contributed by atoms with Gasteiger partial charge in [-0.3, -0.25) is 9.59 Å². The molecule has 0 aromatic rings. The highest BCUT2D eigenvalue weighted by molar-refractivity contribution is 5.84. The van der Waals surface area contributed by atoms with Crippen molar-refractivity contribution >= 4 is 17.9 Å². The molecular formula is C13H23N3O4. The Morgan fingerprint density at radius 3 is 2.40 bits per heavy atom. The number of likely N-dealkylation sites (N-methyl/N-ethyl adjacent to an activating group) is 2. The zero-order valence-corrected chi connectivity index (χ0v) is 12.3. The third-order valence-electron chi connectivity index (χ3n) is 3.56. The van der Waals surface area contributed by atoms with Crippen molar-refractivity contribution in [3.05, 3.63) is 0 Å². The highest BCUT2D eigenvalue weighted by Gasteiger charge is 2.38. The molecule has 0 spiro atoms. The smallest absolute Gasteiger partial charge is 0.320 e. The average Bonchev–Trinajstić information content (AvgIpc) is 2.77. The Kier molecular flexibility index (Phi) is 5.79. The van der Waals surface area contributed by atoms with Crippen LogP contribution in [0.3, 0.4) is 0 Å². The van der Waals surface area contributed by atoms with E-state index in [9.17, 15) is 14.4 Å². The van der Waals surface area contributed by atoms with Gasteiger partial charge in [0.05, 0.1) is 5.92 Å². The van der Waals surface area contributed by atoms with Crippen molar-refractivity contribution in [2.45, 2.75) is 20.8 Å². The van der Waals surface area contributed by atoms with Gasteiger partial charge in [-0.25, -0.2) is 4.79 Å². The Bertz CT molecular complexity index is 386. The topological polar surface area (TPSA) is 90.0 Å². The van der Waals surface area contributed by atoms with E-state index in [-0.39, 0.29) is 30.9 Å². The summed E-state index contributed by atoms with van der Waals surface area (Å²) in [5, 5.41) is 11.7. The molecule has 7 heteroatoms. The predicted molar refractivity (Wildman–Crippen MR) is 73.2 cm³/mol. The maximum atomic E-state index is 12.3. The van der Waals surface area contributed by atoms with Crippen molar-refractivity contribution < 1.29 is 19.5 Å². The van der Waals surface area contributed by atoms with E-state index in [1.807, 2.05) is 13.8 Å². The zero-order valence-electron chi connectivity index (χ0n) is 12.3. The van der Waals surface area contributed by atoms with Crippen molar-refractivity contribution in [2.24, 2.45) is 11.8 Å². The summed E-state index contributed by atoms with van der Waals surface area (Å²) >= 11 is 0. The standard InChI is InChI=1S/C13H23N3O4/c1-4-14-11(17)8-15(5-2)13(20)16-6-9(3)10(7-16)12(18)19/h9-10H,4-8H2,1-3H3,(H,14,17)(H,18,19)/t9-,10-/m1/s1. The first-order chi connectivity index (χ1) is 9.40. The minimum Gasteiger partial charge on any atom is -0.481 e. The second-order valence-corrected chi connectivity index (χ2v) is 5.08. The summed E-state index contributed by atoms with van der Waals surface area (Å²) in [6.07, 6.45) is 0. The molecule has 1 rings (SSSR count). The van der Waals surface area contributed by atoms with Crippen molar-refractivity contribution in [1.29, 1.82) is 0 Å². The predicted octanol–water partition coefficient (Wildman–Crippen LogP) is 0.217. The highest BCUT2D eigenvalue weighted by Crippen LogP contribution is 2.24. The lowest BCUT2D eigenvalue weighted by Crippen LogP contribution is -2.46. The Hall–Kier alpha value is -1.79. The van der Waals surface area contributed by atoms with E-state index < -0.39 is 11.9 Å². The van der Waals surface area contributed by atoms with Crippen molar-refractivity contribution in [1.82, 2.24) is 15.1 Å². The number of urea groups is 1. The van der Waals surface area contributed by atoms with E-state index in [2.05, 4.69) is 5.32 Å². The fourth-order valence-electron chi connectivity index (χ4n) is 2.39. The van der Waals surface area contributed by atoms with Gasteiger partial charge in [-0.05, 0) is 19.8 Å². The first-order valence-electron chi connectivity index (χ1n) is 6.94. The first-order valence-corrected chi connectivity index (χ1v) is 6.94. The molecule has 1 aliphatic rings. The van der Waals surface area contributed by atoms with Crippen LogP contribution in [0.4, 0.5) is 4.79 Å². The molecule has 0 saturated carbocycles. The van der Waals surface area contributed by atoms with Gasteiger partial charge in [-0.2, -0.15) is 0 Å². The summed E-state index contributed by atoms with van der Waals surface area (Å²) in [7, 11) is 0. The zero-order chi connectivity index (χ0) is 15.3. The van der Waals surface area contributed by atoms with Gasteiger partial charge in [0.15, 0.2) is 0 Å². The number of carboxylic acid groups (broad SMARTS) is 1. The fourth-order valence-corrected chi connectivity index (χ4v) is 2.39. The Morgan fingerprint density at radius 1 is 1.30 bits per heavy atom. The van der Waals surface area contributed by atoms with Gasteiger partial charge >= 0.3 is 12.0 Å². The third kappa shape index (κ3) is 3.85. The molecule has 3 amide bonds. The summed E-state index contributed by atoms with van der Waals surface area (Å²) in [4.78, 5) is 37.9. The molecule has 2 N–H and O–H groups in total. The Morgan fingerprint density at radius 2 is 1.95 bits per heavy atom. The number of rotatable bonds is 5. The Balaban J connectivity index is 2.63. The van der Waals surface area contributed by atoms with E-state index >= 15 is 0 Å². The number of likely N-dealkylation sites (tertiary alicyclic amines) is 1. The molecule has 1 heterocycles. The summed E-state index contributed by atoms with van der Waals surface area (Å²) in [6, 6.07) is -0.269. The summed E-state index contributed by atoms with van der Waals surface area (Å²) in [5.74, 6) is -1.67. The second-order valence-electron chi connectivity index (χ2n) is 5.08. The van der Waals surface area contributed by atoms with Crippen LogP contribution in [0.5, 0.6) is 0 Å². The molecule has 1 fully saturated rings. The molecule has 1 saturated heterocycles. The summed E-state index contributed by atoms with van der Waals surface area (Å²) in [6.45, 7) is 7.01. The minimum absolute atomic E-state index is 0.00575. The van der Waals surface area contributed by atoms with Crippen LogP contribution in [-0.4, -0.2) is 65.5 Å². The maximum absolute atomic E-state index is 12.3. The van der Waals surface area contributed by atoms with Crippen LogP contribution in [0.15, 0.2) is 0 Å². The van der Waals surface area contributed by atoms with Crippen LogP contribution < -0.4 is 5.32 Å². The van der Waals surface area contributed by atoms with Gasteiger partial charge in [0.2, 0.25) is 5.91 Å². The number of amides is 3.